The number of carbonyl (C=O) groups excluding carboxylic acids is 2. The van der Waals surface area contributed by atoms with Gasteiger partial charge in [-0.25, -0.2) is 0 Å². The number of benzene rings is 2. The number of nitrogens with zero attached hydrogens (tertiary/aromatic N) is 1. The standard InChI is InChI=1S/C22H22N2O4/c1-17(25)24(16-19-10-7-15-27-19)14-13-22(26)23-20-11-5-6-12-21(20)28-18-8-3-2-4-9-18/h2-12,15H,13-14,16H2,1H3,(H,23,26). The first kappa shape index (κ1) is 19.2. The van der Waals surface area contributed by atoms with E-state index in [1.165, 1.54) is 6.92 Å². The number of hydrogen-bond acceptors (Lipinski definition) is 4. The van der Waals surface area contributed by atoms with Gasteiger partial charge < -0.3 is 19.4 Å². The third kappa shape index (κ3) is 5.48. The van der Waals surface area contributed by atoms with E-state index in [-0.39, 0.29) is 18.2 Å². The topological polar surface area (TPSA) is 71.8 Å². The minimum absolute atomic E-state index is 0.114. The lowest BCUT2D eigenvalue weighted by Gasteiger charge is -2.19. The van der Waals surface area contributed by atoms with E-state index >= 15 is 0 Å². The lowest BCUT2D eigenvalue weighted by Crippen LogP contribution is -2.31. The Morgan fingerprint density at radius 3 is 2.46 bits per heavy atom. The lowest BCUT2D eigenvalue weighted by molar-refractivity contribution is -0.130. The number of anilines is 1. The molecule has 2 amide bonds. The van der Waals surface area contributed by atoms with Crippen molar-refractivity contribution in [3.63, 3.8) is 0 Å². The molecular formula is C22H22N2O4. The van der Waals surface area contributed by atoms with Gasteiger partial charge in [0.2, 0.25) is 11.8 Å². The molecule has 1 aromatic heterocycles. The summed E-state index contributed by atoms with van der Waals surface area (Å²) in [5.41, 5.74) is 0.580. The van der Waals surface area contributed by atoms with Crippen LogP contribution in [0, 0.1) is 0 Å². The van der Waals surface area contributed by atoms with Crippen molar-refractivity contribution in [1.82, 2.24) is 4.90 Å². The second-order valence-electron chi connectivity index (χ2n) is 6.23. The minimum Gasteiger partial charge on any atom is -0.467 e. The summed E-state index contributed by atoms with van der Waals surface area (Å²) < 4.78 is 11.1. The van der Waals surface area contributed by atoms with Gasteiger partial charge in [0.1, 0.15) is 11.5 Å². The number of nitrogens with one attached hydrogen (secondary N) is 1. The van der Waals surface area contributed by atoms with Gasteiger partial charge >= 0.3 is 0 Å². The van der Waals surface area contributed by atoms with Crippen LogP contribution in [0.25, 0.3) is 0 Å². The van der Waals surface area contributed by atoms with Crippen LogP contribution in [0.4, 0.5) is 5.69 Å². The van der Waals surface area contributed by atoms with Crippen molar-refractivity contribution in [3.8, 4) is 11.5 Å². The van der Waals surface area contributed by atoms with Crippen LogP contribution in [0.2, 0.25) is 0 Å². The van der Waals surface area contributed by atoms with Crippen molar-refractivity contribution in [2.45, 2.75) is 19.9 Å². The van der Waals surface area contributed by atoms with Gasteiger partial charge in [-0.15, -0.1) is 0 Å². The largest absolute Gasteiger partial charge is 0.467 e. The molecular weight excluding hydrogens is 356 g/mol. The molecule has 0 fully saturated rings. The van der Waals surface area contributed by atoms with E-state index in [2.05, 4.69) is 5.32 Å². The Kier molecular flexibility index (Phi) is 6.46. The first-order chi connectivity index (χ1) is 13.6. The average molecular weight is 378 g/mol. The van der Waals surface area contributed by atoms with Gasteiger partial charge in [0.15, 0.2) is 5.75 Å². The van der Waals surface area contributed by atoms with E-state index in [4.69, 9.17) is 9.15 Å². The Bertz CT molecular complexity index is 907. The molecule has 28 heavy (non-hydrogen) atoms. The van der Waals surface area contributed by atoms with Crippen molar-refractivity contribution in [2.24, 2.45) is 0 Å². The van der Waals surface area contributed by atoms with Crippen LogP contribution in [0.15, 0.2) is 77.4 Å². The highest BCUT2D eigenvalue weighted by Gasteiger charge is 2.14. The highest BCUT2D eigenvalue weighted by molar-refractivity contribution is 5.92. The molecule has 0 atom stereocenters. The van der Waals surface area contributed by atoms with Gasteiger partial charge in [0, 0.05) is 19.9 Å². The van der Waals surface area contributed by atoms with Crippen molar-refractivity contribution < 1.29 is 18.7 Å². The summed E-state index contributed by atoms with van der Waals surface area (Å²) in [7, 11) is 0. The molecule has 0 radical (unpaired) electrons. The molecule has 0 saturated heterocycles. The summed E-state index contributed by atoms with van der Waals surface area (Å²) in [5.74, 6) is 1.61. The molecule has 0 aliphatic heterocycles. The third-order valence-corrected chi connectivity index (χ3v) is 4.11. The van der Waals surface area contributed by atoms with Crippen LogP contribution in [0.1, 0.15) is 19.1 Å². The van der Waals surface area contributed by atoms with Crippen molar-refractivity contribution in [3.05, 3.63) is 78.8 Å². The molecule has 1 heterocycles. The Labute approximate surface area is 163 Å². The zero-order valence-corrected chi connectivity index (χ0v) is 15.6. The summed E-state index contributed by atoms with van der Waals surface area (Å²) in [4.78, 5) is 25.8. The van der Waals surface area contributed by atoms with E-state index in [0.717, 1.165) is 0 Å². The number of amides is 2. The average Bonchev–Trinajstić information content (AvgIpc) is 3.20. The Balaban J connectivity index is 1.59. The molecule has 0 spiro atoms. The third-order valence-electron chi connectivity index (χ3n) is 4.11. The predicted octanol–water partition coefficient (Wildman–Crippen LogP) is 4.45. The summed E-state index contributed by atoms with van der Waals surface area (Å²) in [6, 6.07) is 20.2. The second kappa shape index (κ2) is 9.41. The second-order valence-corrected chi connectivity index (χ2v) is 6.23. The van der Waals surface area contributed by atoms with E-state index in [1.54, 1.807) is 35.4 Å². The fraction of sp³-hybridized carbons (Fsp3) is 0.182. The summed E-state index contributed by atoms with van der Waals surface area (Å²) in [6.45, 7) is 2.11. The van der Waals surface area contributed by atoms with Crippen LogP contribution < -0.4 is 10.1 Å². The summed E-state index contributed by atoms with van der Waals surface area (Å²) >= 11 is 0. The van der Waals surface area contributed by atoms with Gasteiger partial charge in [-0.2, -0.15) is 0 Å². The van der Waals surface area contributed by atoms with Crippen molar-refractivity contribution in [1.29, 1.82) is 0 Å². The number of para-hydroxylation sites is 3. The van der Waals surface area contributed by atoms with Crippen molar-refractivity contribution in [2.75, 3.05) is 11.9 Å². The Morgan fingerprint density at radius 1 is 1.00 bits per heavy atom. The van der Waals surface area contributed by atoms with E-state index in [1.807, 2.05) is 42.5 Å². The Morgan fingerprint density at radius 2 is 1.75 bits per heavy atom. The molecule has 1 N–H and O–H groups in total. The number of hydrogen-bond donors (Lipinski definition) is 1. The zero-order chi connectivity index (χ0) is 19.8. The number of furan rings is 1. The quantitative estimate of drug-likeness (QED) is 0.629. The fourth-order valence-corrected chi connectivity index (χ4v) is 2.66. The van der Waals surface area contributed by atoms with Gasteiger partial charge in [-0.05, 0) is 36.4 Å². The minimum atomic E-state index is -0.199. The van der Waals surface area contributed by atoms with E-state index < -0.39 is 0 Å². The fourth-order valence-electron chi connectivity index (χ4n) is 2.66. The first-order valence-electron chi connectivity index (χ1n) is 9.01. The summed E-state index contributed by atoms with van der Waals surface area (Å²) in [5, 5.41) is 2.86. The molecule has 144 valence electrons. The molecule has 0 unspecified atom stereocenters. The molecule has 0 saturated carbocycles. The monoisotopic (exact) mass is 378 g/mol. The normalized spacial score (nSPS) is 10.3. The maximum Gasteiger partial charge on any atom is 0.226 e. The SMILES string of the molecule is CC(=O)N(CCC(=O)Nc1ccccc1Oc1ccccc1)Cc1ccco1. The van der Waals surface area contributed by atoms with Gasteiger partial charge in [0.25, 0.3) is 0 Å². The highest BCUT2D eigenvalue weighted by Crippen LogP contribution is 2.29. The molecule has 0 aliphatic carbocycles. The van der Waals surface area contributed by atoms with E-state index in [9.17, 15) is 9.59 Å². The van der Waals surface area contributed by atoms with Crippen LogP contribution >= 0.6 is 0 Å². The van der Waals surface area contributed by atoms with Crippen LogP contribution in [-0.4, -0.2) is 23.3 Å². The van der Waals surface area contributed by atoms with E-state index in [0.29, 0.717) is 36.0 Å². The molecule has 3 aromatic rings. The number of ether oxygens (including phenoxy) is 1. The van der Waals surface area contributed by atoms with Crippen LogP contribution in [-0.2, 0) is 16.1 Å². The lowest BCUT2D eigenvalue weighted by atomic mass is 10.2. The Hall–Kier alpha value is -3.54. The van der Waals surface area contributed by atoms with Crippen LogP contribution in [0.5, 0.6) is 11.5 Å². The molecule has 6 nitrogen and oxygen atoms in total. The smallest absolute Gasteiger partial charge is 0.226 e. The van der Waals surface area contributed by atoms with Gasteiger partial charge in [-0.3, -0.25) is 9.59 Å². The zero-order valence-electron chi connectivity index (χ0n) is 15.6. The molecule has 2 aromatic carbocycles. The highest BCUT2D eigenvalue weighted by atomic mass is 16.5. The molecule has 3 rings (SSSR count). The van der Waals surface area contributed by atoms with Crippen molar-refractivity contribution >= 4 is 17.5 Å². The number of carbonyl (C=O) groups is 2. The molecule has 0 aliphatic rings. The maximum atomic E-state index is 12.4. The number of rotatable bonds is 8. The predicted molar refractivity (Wildman–Crippen MR) is 106 cm³/mol. The van der Waals surface area contributed by atoms with Gasteiger partial charge in [0.05, 0.1) is 18.5 Å². The first-order valence-corrected chi connectivity index (χ1v) is 9.01. The molecule has 0 bridgehead atoms. The summed E-state index contributed by atoms with van der Waals surface area (Å²) in [6.07, 6.45) is 1.73. The van der Waals surface area contributed by atoms with Gasteiger partial charge in [-0.1, -0.05) is 30.3 Å². The van der Waals surface area contributed by atoms with Crippen LogP contribution in [0.3, 0.4) is 0 Å². The molecule has 6 heteroatoms. The maximum absolute atomic E-state index is 12.4.